The van der Waals surface area contributed by atoms with Gasteiger partial charge in [-0.25, -0.2) is 4.39 Å². The smallest absolute Gasteiger partial charge is 0.227 e. The number of amides is 1. The molecule has 0 saturated heterocycles. The Bertz CT molecular complexity index is 487. The highest BCUT2D eigenvalue weighted by Crippen LogP contribution is 2.20. The van der Waals surface area contributed by atoms with Crippen molar-refractivity contribution in [2.45, 2.75) is 26.4 Å². The van der Waals surface area contributed by atoms with E-state index in [1.54, 1.807) is 31.9 Å². The second-order valence-electron chi connectivity index (χ2n) is 5.14. The molecular formula is C15H23Cl2FN2O2. The van der Waals surface area contributed by atoms with E-state index in [9.17, 15) is 9.18 Å². The van der Waals surface area contributed by atoms with E-state index in [1.807, 2.05) is 0 Å². The Balaban J connectivity index is 0.00000441. The fourth-order valence-electron chi connectivity index (χ4n) is 1.84. The summed E-state index contributed by atoms with van der Waals surface area (Å²) in [6.45, 7) is 4.73. The second kappa shape index (κ2) is 10.0. The summed E-state index contributed by atoms with van der Waals surface area (Å²) in [5.41, 5.74) is 6.49. The molecule has 0 aromatic heterocycles. The number of carbonyl (C=O) groups excluding carboxylic acids is 1. The first kappa shape index (κ1) is 21.1. The SMILES string of the molecule is COCCN(Cc1ccc(F)cc1Cl)C(=O)C(C)C(C)N.Cl. The molecule has 1 rings (SSSR count). The maximum atomic E-state index is 13.1. The molecule has 0 spiro atoms. The number of nitrogens with two attached hydrogens (primary N) is 1. The van der Waals surface area contributed by atoms with Gasteiger partial charge in [-0.15, -0.1) is 12.4 Å². The van der Waals surface area contributed by atoms with Gasteiger partial charge in [0.2, 0.25) is 5.91 Å². The van der Waals surface area contributed by atoms with Gasteiger partial charge in [0.1, 0.15) is 5.82 Å². The average Bonchev–Trinajstić information content (AvgIpc) is 2.43. The highest BCUT2D eigenvalue weighted by molar-refractivity contribution is 6.31. The number of halogens is 3. The van der Waals surface area contributed by atoms with Crippen LogP contribution in [0, 0.1) is 11.7 Å². The summed E-state index contributed by atoms with van der Waals surface area (Å²) in [4.78, 5) is 14.1. The summed E-state index contributed by atoms with van der Waals surface area (Å²) in [6.07, 6.45) is 0. The van der Waals surface area contributed by atoms with Crippen LogP contribution in [0.3, 0.4) is 0 Å². The summed E-state index contributed by atoms with van der Waals surface area (Å²) in [7, 11) is 1.57. The van der Waals surface area contributed by atoms with E-state index in [0.29, 0.717) is 30.3 Å². The van der Waals surface area contributed by atoms with E-state index < -0.39 is 5.82 Å². The van der Waals surface area contributed by atoms with Crippen molar-refractivity contribution in [1.29, 1.82) is 0 Å². The molecular weight excluding hydrogens is 330 g/mol. The maximum absolute atomic E-state index is 13.1. The molecule has 126 valence electrons. The fraction of sp³-hybridized carbons (Fsp3) is 0.533. The number of benzene rings is 1. The van der Waals surface area contributed by atoms with E-state index in [4.69, 9.17) is 22.1 Å². The molecule has 0 aliphatic carbocycles. The van der Waals surface area contributed by atoms with Crippen molar-refractivity contribution in [1.82, 2.24) is 4.90 Å². The van der Waals surface area contributed by atoms with Crippen LogP contribution >= 0.6 is 24.0 Å². The normalized spacial score (nSPS) is 13.2. The van der Waals surface area contributed by atoms with Crippen molar-refractivity contribution in [2.75, 3.05) is 20.3 Å². The van der Waals surface area contributed by atoms with Crippen LogP contribution in [0.2, 0.25) is 5.02 Å². The molecule has 0 bridgehead atoms. The van der Waals surface area contributed by atoms with E-state index in [-0.39, 0.29) is 30.3 Å². The van der Waals surface area contributed by atoms with E-state index in [0.717, 1.165) is 0 Å². The standard InChI is InChI=1S/C15H22ClFN2O2.ClH/c1-10(11(2)18)15(20)19(6-7-21-3)9-12-4-5-13(17)8-14(12)16;/h4-5,8,10-11H,6-7,9,18H2,1-3H3;1H. The topological polar surface area (TPSA) is 55.6 Å². The predicted octanol–water partition coefficient (Wildman–Crippen LogP) is 2.86. The average molecular weight is 353 g/mol. The lowest BCUT2D eigenvalue weighted by Crippen LogP contribution is -2.42. The number of hydrogen-bond acceptors (Lipinski definition) is 3. The van der Waals surface area contributed by atoms with Crippen LogP contribution in [-0.4, -0.2) is 37.1 Å². The van der Waals surface area contributed by atoms with Gasteiger partial charge >= 0.3 is 0 Å². The summed E-state index contributed by atoms with van der Waals surface area (Å²) in [5, 5.41) is 0.304. The van der Waals surface area contributed by atoms with Gasteiger partial charge < -0.3 is 15.4 Å². The summed E-state index contributed by atoms with van der Waals surface area (Å²) < 4.78 is 18.1. The van der Waals surface area contributed by atoms with Crippen LogP contribution in [-0.2, 0) is 16.1 Å². The lowest BCUT2D eigenvalue weighted by molar-refractivity contribution is -0.136. The first-order chi connectivity index (χ1) is 9.86. The van der Waals surface area contributed by atoms with Gasteiger partial charge in [-0.2, -0.15) is 0 Å². The van der Waals surface area contributed by atoms with Gasteiger partial charge in [0.25, 0.3) is 0 Å². The number of hydrogen-bond donors (Lipinski definition) is 1. The largest absolute Gasteiger partial charge is 0.383 e. The van der Waals surface area contributed by atoms with Crippen molar-refractivity contribution in [3.63, 3.8) is 0 Å². The van der Waals surface area contributed by atoms with Gasteiger partial charge in [0.15, 0.2) is 0 Å². The number of ether oxygens (including phenoxy) is 1. The van der Waals surface area contributed by atoms with E-state index in [1.165, 1.54) is 12.1 Å². The third-order valence-corrected chi connectivity index (χ3v) is 3.78. The molecule has 0 saturated carbocycles. The van der Waals surface area contributed by atoms with Gasteiger partial charge in [0, 0.05) is 31.3 Å². The van der Waals surface area contributed by atoms with Crippen molar-refractivity contribution in [3.05, 3.63) is 34.6 Å². The molecule has 4 nitrogen and oxygen atoms in total. The Labute approximate surface area is 142 Å². The van der Waals surface area contributed by atoms with Gasteiger partial charge in [-0.3, -0.25) is 4.79 Å². The Morgan fingerprint density at radius 3 is 2.59 bits per heavy atom. The predicted molar refractivity (Wildman–Crippen MR) is 88.8 cm³/mol. The molecule has 22 heavy (non-hydrogen) atoms. The third-order valence-electron chi connectivity index (χ3n) is 3.43. The van der Waals surface area contributed by atoms with Crippen molar-refractivity contribution >= 4 is 29.9 Å². The summed E-state index contributed by atoms with van der Waals surface area (Å²) in [6, 6.07) is 3.91. The van der Waals surface area contributed by atoms with Crippen molar-refractivity contribution in [3.8, 4) is 0 Å². The zero-order valence-corrected chi connectivity index (χ0v) is 14.6. The Morgan fingerprint density at radius 1 is 1.45 bits per heavy atom. The molecule has 0 heterocycles. The lowest BCUT2D eigenvalue weighted by Gasteiger charge is -2.27. The van der Waals surface area contributed by atoms with Crippen LogP contribution in [0.15, 0.2) is 18.2 Å². The molecule has 0 aliphatic heterocycles. The summed E-state index contributed by atoms with van der Waals surface area (Å²) in [5.74, 6) is -0.772. The maximum Gasteiger partial charge on any atom is 0.227 e. The number of nitrogens with zero attached hydrogens (tertiary/aromatic N) is 1. The van der Waals surface area contributed by atoms with Gasteiger partial charge in [-0.1, -0.05) is 24.6 Å². The minimum absolute atomic E-state index is 0. The molecule has 0 fully saturated rings. The van der Waals surface area contributed by atoms with Crippen LogP contribution in [0.4, 0.5) is 4.39 Å². The zero-order chi connectivity index (χ0) is 16.0. The monoisotopic (exact) mass is 352 g/mol. The number of carbonyl (C=O) groups is 1. The highest BCUT2D eigenvalue weighted by atomic mass is 35.5. The van der Waals surface area contributed by atoms with Gasteiger partial charge in [0.05, 0.1) is 12.5 Å². The molecule has 2 N–H and O–H groups in total. The molecule has 7 heteroatoms. The molecule has 2 unspecified atom stereocenters. The van der Waals surface area contributed by atoms with E-state index >= 15 is 0 Å². The number of rotatable bonds is 7. The first-order valence-corrected chi connectivity index (χ1v) is 7.21. The number of methoxy groups -OCH3 is 1. The third kappa shape index (κ3) is 6.08. The quantitative estimate of drug-likeness (QED) is 0.820. The lowest BCUT2D eigenvalue weighted by atomic mass is 10.0. The van der Waals surface area contributed by atoms with Crippen LogP contribution in [0.1, 0.15) is 19.4 Å². The summed E-state index contributed by atoms with van der Waals surface area (Å²) >= 11 is 6.02. The Kier molecular flexibility index (Phi) is 9.60. The minimum Gasteiger partial charge on any atom is -0.383 e. The van der Waals surface area contributed by atoms with Crippen molar-refractivity contribution in [2.24, 2.45) is 11.7 Å². The first-order valence-electron chi connectivity index (χ1n) is 6.84. The minimum atomic E-state index is -0.400. The second-order valence-corrected chi connectivity index (χ2v) is 5.54. The van der Waals surface area contributed by atoms with Crippen LogP contribution < -0.4 is 5.73 Å². The molecule has 0 radical (unpaired) electrons. The molecule has 0 aliphatic rings. The Hall–Kier alpha value is -0.880. The fourth-order valence-corrected chi connectivity index (χ4v) is 2.06. The highest BCUT2D eigenvalue weighted by Gasteiger charge is 2.23. The van der Waals surface area contributed by atoms with Crippen molar-refractivity contribution < 1.29 is 13.9 Å². The molecule has 2 atom stereocenters. The zero-order valence-electron chi connectivity index (χ0n) is 13.0. The molecule has 1 aromatic carbocycles. The van der Waals surface area contributed by atoms with Crippen LogP contribution in [0.5, 0.6) is 0 Å². The molecule has 1 amide bonds. The van der Waals surface area contributed by atoms with E-state index in [2.05, 4.69) is 0 Å². The van der Waals surface area contributed by atoms with Gasteiger partial charge in [-0.05, 0) is 24.6 Å². The Morgan fingerprint density at radius 2 is 2.09 bits per heavy atom. The van der Waals surface area contributed by atoms with Crippen LogP contribution in [0.25, 0.3) is 0 Å². The molecule has 1 aromatic rings.